The molecular weight excluding hydrogens is 327 g/mol. The van der Waals surface area contributed by atoms with E-state index in [2.05, 4.69) is 58.0 Å². The molecule has 0 bridgehead atoms. The molecule has 17 heavy (non-hydrogen) atoms. The van der Waals surface area contributed by atoms with Gasteiger partial charge in [-0.2, -0.15) is 0 Å². The van der Waals surface area contributed by atoms with Gasteiger partial charge in [-0.25, -0.2) is 0 Å². The Hall–Kier alpha value is -1.30. The SMILES string of the molecule is Cc1cc(I)ccc1NCc1ccc(O)cn1. The van der Waals surface area contributed by atoms with Gasteiger partial charge in [0, 0.05) is 9.26 Å². The average Bonchev–Trinajstić information content (AvgIpc) is 2.30. The molecule has 0 aliphatic rings. The fourth-order valence-corrected chi connectivity index (χ4v) is 2.18. The number of anilines is 1. The first-order valence-electron chi connectivity index (χ1n) is 5.29. The van der Waals surface area contributed by atoms with Gasteiger partial charge in [0.2, 0.25) is 0 Å². The third-order valence-electron chi connectivity index (χ3n) is 2.46. The summed E-state index contributed by atoms with van der Waals surface area (Å²) in [7, 11) is 0. The fourth-order valence-electron chi connectivity index (χ4n) is 1.53. The number of aromatic hydroxyl groups is 1. The molecule has 1 aromatic carbocycles. The zero-order valence-electron chi connectivity index (χ0n) is 9.44. The lowest BCUT2D eigenvalue weighted by atomic mass is 10.2. The predicted molar refractivity (Wildman–Crippen MR) is 77.1 cm³/mol. The van der Waals surface area contributed by atoms with Crippen LogP contribution in [-0.2, 0) is 6.54 Å². The van der Waals surface area contributed by atoms with Crippen molar-refractivity contribution in [3.63, 3.8) is 0 Å². The molecule has 2 aromatic rings. The van der Waals surface area contributed by atoms with Gasteiger partial charge >= 0.3 is 0 Å². The van der Waals surface area contributed by atoms with E-state index in [0.29, 0.717) is 6.54 Å². The summed E-state index contributed by atoms with van der Waals surface area (Å²) < 4.78 is 1.23. The number of pyridine rings is 1. The Balaban J connectivity index is 2.04. The van der Waals surface area contributed by atoms with Crippen molar-refractivity contribution in [2.75, 3.05) is 5.32 Å². The van der Waals surface area contributed by atoms with Crippen molar-refractivity contribution in [2.24, 2.45) is 0 Å². The minimum absolute atomic E-state index is 0.194. The standard InChI is InChI=1S/C13H13IN2O/c1-9-6-10(14)2-5-13(9)16-7-11-3-4-12(17)8-15-11/h2-6,8,16-17H,7H2,1H3. The molecule has 3 nitrogen and oxygen atoms in total. The summed E-state index contributed by atoms with van der Waals surface area (Å²) in [5, 5.41) is 12.5. The topological polar surface area (TPSA) is 45.1 Å². The Morgan fingerprint density at radius 1 is 1.29 bits per heavy atom. The van der Waals surface area contributed by atoms with Crippen molar-refractivity contribution in [2.45, 2.75) is 13.5 Å². The average molecular weight is 340 g/mol. The second kappa shape index (κ2) is 5.35. The van der Waals surface area contributed by atoms with Gasteiger partial charge in [0.05, 0.1) is 18.4 Å². The molecule has 0 radical (unpaired) electrons. The van der Waals surface area contributed by atoms with Gasteiger partial charge in [0.1, 0.15) is 5.75 Å². The summed E-state index contributed by atoms with van der Waals surface area (Å²) in [4.78, 5) is 4.13. The largest absolute Gasteiger partial charge is 0.506 e. The van der Waals surface area contributed by atoms with Crippen LogP contribution in [0.3, 0.4) is 0 Å². The zero-order chi connectivity index (χ0) is 12.3. The number of aromatic nitrogens is 1. The molecule has 88 valence electrons. The highest BCUT2D eigenvalue weighted by Crippen LogP contribution is 2.18. The fraction of sp³-hybridized carbons (Fsp3) is 0.154. The number of nitrogens with one attached hydrogen (secondary N) is 1. The van der Waals surface area contributed by atoms with Crippen molar-refractivity contribution < 1.29 is 5.11 Å². The van der Waals surface area contributed by atoms with Gasteiger partial charge in [-0.05, 0) is 65.4 Å². The van der Waals surface area contributed by atoms with E-state index in [4.69, 9.17) is 5.11 Å². The van der Waals surface area contributed by atoms with Crippen molar-refractivity contribution in [3.8, 4) is 5.75 Å². The highest BCUT2D eigenvalue weighted by atomic mass is 127. The number of nitrogens with zero attached hydrogens (tertiary/aromatic N) is 1. The third kappa shape index (κ3) is 3.33. The van der Waals surface area contributed by atoms with Crippen LogP contribution in [0.1, 0.15) is 11.3 Å². The Morgan fingerprint density at radius 2 is 2.12 bits per heavy atom. The molecule has 4 heteroatoms. The molecule has 2 N–H and O–H groups in total. The molecule has 1 heterocycles. The quantitative estimate of drug-likeness (QED) is 0.843. The number of halogens is 1. The molecular formula is C13H13IN2O. The predicted octanol–water partition coefficient (Wildman–Crippen LogP) is 3.31. The van der Waals surface area contributed by atoms with E-state index in [9.17, 15) is 0 Å². The van der Waals surface area contributed by atoms with Crippen LogP contribution in [0.5, 0.6) is 5.75 Å². The van der Waals surface area contributed by atoms with Gasteiger partial charge in [0.25, 0.3) is 0 Å². The lowest BCUT2D eigenvalue weighted by Crippen LogP contribution is -2.02. The summed E-state index contributed by atoms with van der Waals surface area (Å²) in [6.45, 7) is 2.73. The van der Waals surface area contributed by atoms with E-state index in [1.54, 1.807) is 6.07 Å². The number of rotatable bonds is 3. The van der Waals surface area contributed by atoms with Crippen LogP contribution in [-0.4, -0.2) is 10.1 Å². The molecule has 0 unspecified atom stereocenters. The molecule has 1 aromatic heterocycles. The van der Waals surface area contributed by atoms with Crippen molar-refractivity contribution in [1.82, 2.24) is 4.98 Å². The second-order valence-electron chi connectivity index (χ2n) is 3.82. The lowest BCUT2D eigenvalue weighted by Gasteiger charge is -2.09. The first-order valence-corrected chi connectivity index (χ1v) is 6.37. The molecule has 0 amide bonds. The maximum absolute atomic E-state index is 9.13. The van der Waals surface area contributed by atoms with E-state index in [1.165, 1.54) is 15.3 Å². The highest BCUT2D eigenvalue weighted by Gasteiger charge is 1.99. The monoisotopic (exact) mass is 340 g/mol. The summed E-state index contributed by atoms with van der Waals surface area (Å²) in [6, 6.07) is 9.72. The smallest absolute Gasteiger partial charge is 0.133 e. The van der Waals surface area contributed by atoms with Crippen LogP contribution in [0.4, 0.5) is 5.69 Å². The van der Waals surface area contributed by atoms with E-state index < -0.39 is 0 Å². The summed E-state index contributed by atoms with van der Waals surface area (Å²) >= 11 is 2.30. The Labute approximate surface area is 114 Å². The van der Waals surface area contributed by atoms with Crippen LogP contribution >= 0.6 is 22.6 Å². The van der Waals surface area contributed by atoms with E-state index in [-0.39, 0.29) is 5.75 Å². The van der Waals surface area contributed by atoms with E-state index in [1.807, 2.05) is 6.07 Å². The van der Waals surface area contributed by atoms with Crippen LogP contribution < -0.4 is 5.32 Å². The molecule has 0 saturated carbocycles. The number of benzene rings is 1. The molecule has 0 atom stereocenters. The Morgan fingerprint density at radius 3 is 2.76 bits per heavy atom. The normalized spacial score (nSPS) is 10.2. The molecule has 0 aliphatic heterocycles. The van der Waals surface area contributed by atoms with Crippen LogP contribution in [0.25, 0.3) is 0 Å². The minimum atomic E-state index is 0.194. The zero-order valence-corrected chi connectivity index (χ0v) is 11.6. The summed E-state index contributed by atoms with van der Waals surface area (Å²) in [5.74, 6) is 0.194. The molecule has 0 fully saturated rings. The lowest BCUT2D eigenvalue weighted by molar-refractivity contribution is 0.472. The first-order chi connectivity index (χ1) is 8.15. The molecule has 2 rings (SSSR count). The Bertz CT molecular complexity index is 511. The minimum Gasteiger partial charge on any atom is -0.506 e. The number of hydrogen-bond acceptors (Lipinski definition) is 3. The second-order valence-corrected chi connectivity index (χ2v) is 5.07. The number of hydrogen-bond donors (Lipinski definition) is 2. The van der Waals surface area contributed by atoms with Gasteiger partial charge < -0.3 is 10.4 Å². The van der Waals surface area contributed by atoms with Crippen LogP contribution in [0, 0.1) is 10.5 Å². The van der Waals surface area contributed by atoms with E-state index in [0.717, 1.165) is 11.4 Å². The molecule has 0 saturated heterocycles. The van der Waals surface area contributed by atoms with Crippen molar-refractivity contribution in [1.29, 1.82) is 0 Å². The first kappa shape index (κ1) is 12.2. The van der Waals surface area contributed by atoms with Crippen molar-refractivity contribution in [3.05, 3.63) is 51.4 Å². The van der Waals surface area contributed by atoms with E-state index >= 15 is 0 Å². The highest BCUT2D eigenvalue weighted by molar-refractivity contribution is 14.1. The van der Waals surface area contributed by atoms with Gasteiger partial charge in [-0.3, -0.25) is 4.98 Å². The van der Waals surface area contributed by atoms with Gasteiger partial charge in [-0.15, -0.1) is 0 Å². The maximum Gasteiger partial charge on any atom is 0.133 e. The van der Waals surface area contributed by atoms with Gasteiger partial charge in [-0.1, -0.05) is 0 Å². The summed E-state index contributed by atoms with van der Waals surface area (Å²) in [6.07, 6.45) is 1.46. The molecule has 0 aliphatic carbocycles. The third-order valence-corrected chi connectivity index (χ3v) is 3.13. The Kier molecular flexibility index (Phi) is 3.83. The number of aryl methyl sites for hydroxylation is 1. The van der Waals surface area contributed by atoms with Gasteiger partial charge in [0.15, 0.2) is 0 Å². The molecule has 0 spiro atoms. The summed E-state index contributed by atoms with van der Waals surface area (Å²) in [5.41, 5.74) is 3.23. The van der Waals surface area contributed by atoms with Crippen LogP contribution in [0.15, 0.2) is 36.5 Å². The maximum atomic E-state index is 9.13. The van der Waals surface area contributed by atoms with Crippen molar-refractivity contribution >= 4 is 28.3 Å². The van der Waals surface area contributed by atoms with Crippen LogP contribution in [0.2, 0.25) is 0 Å².